The highest BCUT2D eigenvalue weighted by Crippen LogP contribution is 2.18. The SMILES string of the molecule is CCCCNC(=O)/C(C#N)=C/c1ccc(OC(=O)c2cccc(OC)c2)cc1. The lowest BCUT2D eigenvalue weighted by Crippen LogP contribution is -2.25. The molecular formula is C22H22N2O4. The van der Waals surface area contributed by atoms with Crippen LogP contribution in [-0.4, -0.2) is 25.5 Å². The standard InChI is InChI=1S/C22H22N2O4/c1-3-4-12-24-21(25)18(15-23)13-16-8-10-19(11-9-16)28-22(26)17-6-5-7-20(14-17)27-2/h5-11,13-14H,3-4,12H2,1-2H3,(H,24,25)/b18-13+. The van der Waals surface area contributed by atoms with Crippen LogP contribution >= 0.6 is 0 Å². The van der Waals surface area contributed by atoms with Gasteiger partial charge in [0.15, 0.2) is 0 Å². The van der Waals surface area contributed by atoms with E-state index in [1.807, 2.05) is 13.0 Å². The molecule has 0 saturated carbocycles. The summed E-state index contributed by atoms with van der Waals surface area (Å²) in [5, 5.41) is 11.9. The predicted octanol–water partition coefficient (Wildman–Crippen LogP) is 3.74. The van der Waals surface area contributed by atoms with Crippen LogP contribution in [0.15, 0.2) is 54.1 Å². The Morgan fingerprint density at radius 3 is 2.54 bits per heavy atom. The van der Waals surface area contributed by atoms with Crippen LogP contribution in [0, 0.1) is 11.3 Å². The smallest absolute Gasteiger partial charge is 0.343 e. The minimum Gasteiger partial charge on any atom is -0.497 e. The van der Waals surface area contributed by atoms with E-state index in [-0.39, 0.29) is 5.57 Å². The number of nitrogens with zero attached hydrogens (tertiary/aromatic N) is 1. The molecule has 6 nitrogen and oxygen atoms in total. The fourth-order valence-electron chi connectivity index (χ4n) is 2.34. The van der Waals surface area contributed by atoms with Gasteiger partial charge in [-0.3, -0.25) is 4.79 Å². The highest BCUT2D eigenvalue weighted by Gasteiger charge is 2.11. The van der Waals surface area contributed by atoms with E-state index in [9.17, 15) is 14.9 Å². The molecule has 28 heavy (non-hydrogen) atoms. The molecule has 0 aliphatic rings. The Bertz CT molecular complexity index is 895. The third-order valence-corrected chi connectivity index (χ3v) is 3.89. The molecule has 0 bridgehead atoms. The first-order chi connectivity index (χ1) is 13.6. The van der Waals surface area contributed by atoms with Crippen LogP contribution in [0.5, 0.6) is 11.5 Å². The minimum atomic E-state index is -0.504. The highest BCUT2D eigenvalue weighted by molar-refractivity contribution is 6.01. The molecule has 2 aromatic carbocycles. The average Bonchev–Trinajstić information content (AvgIpc) is 2.73. The van der Waals surface area contributed by atoms with Gasteiger partial charge in [-0.05, 0) is 48.4 Å². The Balaban J connectivity index is 2.04. The number of hydrogen-bond acceptors (Lipinski definition) is 5. The molecule has 0 aromatic heterocycles. The van der Waals surface area contributed by atoms with Gasteiger partial charge in [0.25, 0.3) is 5.91 Å². The summed E-state index contributed by atoms with van der Waals surface area (Å²) in [6, 6.07) is 15.1. The second-order valence-corrected chi connectivity index (χ2v) is 5.97. The molecule has 0 spiro atoms. The summed E-state index contributed by atoms with van der Waals surface area (Å²) in [5.74, 6) is 0.0201. The third-order valence-electron chi connectivity index (χ3n) is 3.89. The van der Waals surface area contributed by atoms with E-state index in [0.29, 0.717) is 29.2 Å². The fraction of sp³-hybridized carbons (Fsp3) is 0.227. The number of hydrogen-bond donors (Lipinski definition) is 1. The van der Waals surface area contributed by atoms with Gasteiger partial charge in [-0.25, -0.2) is 4.79 Å². The van der Waals surface area contributed by atoms with Gasteiger partial charge in [0, 0.05) is 6.54 Å². The van der Waals surface area contributed by atoms with Crippen molar-refractivity contribution < 1.29 is 19.1 Å². The lowest BCUT2D eigenvalue weighted by molar-refractivity contribution is -0.117. The van der Waals surface area contributed by atoms with Crippen molar-refractivity contribution in [3.8, 4) is 17.6 Å². The van der Waals surface area contributed by atoms with Gasteiger partial charge in [0.05, 0.1) is 12.7 Å². The predicted molar refractivity (Wildman–Crippen MR) is 106 cm³/mol. The molecule has 0 radical (unpaired) electrons. The number of rotatable bonds is 8. The van der Waals surface area contributed by atoms with Gasteiger partial charge >= 0.3 is 5.97 Å². The van der Waals surface area contributed by atoms with E-state index in [1.165, 1.54) is 13.2 Å². The van der Waals surface area contributed by atoms with E-state index in [2.05, 4.69) is 5.32 Å². The van der Waals surface area contributed by atoms with Crippen LogP contribution in [0.2, 0.25) is 0 Å². The largest absolute Gasteiger partial charge is 0.497 e. The number of carbonyl (C=O) groups excluding carboxylic acids is 2. The van der Waals surface area contributed by atoms with Crippen molar-refractivity contribution >= 4 is 18.0 Å². The molecule has 2 rings (SSSR count). The Labute approximate surface area is 164 Å². The number of nitriles is 1. The van der Waals surface area contributed by atoms with Crippen molar-refractivity contribution in [2.24, 2.45) is 0 Å². The quantitative estimate of drug-likeness (QED) is 0.249. The molecule has 0 aliphatic carbocycles. The van der Waals surface area contributed by atoms with E-state index in [1.54, 1.807) is 48.5 Å². The number of esters is 1. The van der Waals surface area contributed by atoms with Crippen LogP contribution in [0.1, 0.15) is 35.7 Å². The molecule has 1 amide bonds. The van der Waals surface area contributed by atoms with Gasteiger partial charge in [0.1, 0.15) is 23.1 Å². The minimum absolute atomic E-state index is 0.0252. The number of ether oxygens (including phenoxy) is 2. The summed E-state index contributed by atoms with van der Waals surface area (Å²) in [5.41, 5.74) is 1.06. The van der Waals surface area contributed by atoms with E-state index < -0.39 is 11.9 Å². The Hall–Kier alpha value is -3.59. The van der Waals surface area contributed by atoms with E-state index in [0.717, 1.165) is 12.8 Å². The molecule has 0 atom stereocenters. The van der Waals surface area contributed by atoms with E-state index >= 15 is 0 Å². The topological polar surface area (TPSA) is 88.4 Å². The first-order valence-corrected chi connectivity index (χ1v) is 8.93. The van der Waals surface area contributed by atoms with Crippen LogP contribution < -0.4 is 14.8 Å². The van der Waals surface area contributed by atoms with E-state index in [4.69, 9.17) is 9.47 Å². The second-order valence-electron chi connectivity index (χ2n) is 5.97. The van der Waals surface area contributed by atoms with Crippen LogP contribution in [0.4, 0.5) is 0 Å². The fourth-order valence-corrected chi connectivity index (χ4v) is 2.34. The normalized spacial score (nSPS) is 10.7. The summed E-state index contributed by atoms with van der Waals surface area (Å²) in [7, 11) is 1.52. The van der Waals surface area contributed by atoms with Gasteiger partial charge in [-0.1, -0.05) is 31.5 Å². The molecule has 144 valence electrons. The van der Waals surface area contributed by atoms with Gasteiger partial charge in [-0.15, -0.1) is 0 Å². The Morgan fingerprint density at radius 1 is 1.14 bits per heavy atom. The molecule has 0 aliphatic heterocycles. The summed E-state index contributed by atoms with van der Waals surface area (Å²) in [4.78, 5) is 24.2. The molecule has 0 unspecified atom stereocenters. The first-order valence-electron chi connectivity index (χ1n) is 8.93. The van der Waals surface area contributed by atoms with Crippen molar-refractivity contribution in [3.63, 3.8) is 0 Å². The lowest BCUT2D eigenvalue weighted by atomic mass is 10.1. The average molecular weight is 378 g/mol. The number of methoxy groups -OCH3 is 1. The number of unbranched alkanes of at least 4 members (excludes halogenated alkanes) is 1. The maximum atomic E-state index is 12.2. The third kappa shape index (κ3) is 5.99. The molecule has 0 saturated heterocycles. The summed E-state index contributed by atoms with van der Waals surface area (Å²) in [6.07, 6.45) is 3.31. The van der Waals surface area contributed by atoms with Crippen molar-refractivity contribution in [2.75, 3.05) is 13.7 Å². The van der Waals surface area contributed by atoms with Crippen LogP contribution in [0.3, 0.4) is 0 Å². The monoisotopic (exact) mass is 378 g/mol. The van der Waals surface area contributed by atoms with Crippen molar-refractivity contribution in [3.05, 3.63) is 65.2 Å². The molecule has 0 fully saturated rings. The van der Waals surface area contributed by atoms with Crippen LogP contribution in [0.25, 0.3) is 6.08 Å². The zero-order valence-electron chi connectivity index (χ0n) is 15.9. The number of benzene rings is 2. The lowest BCUT2D eigenvalue weighted by Gasteiger charge is -2.06. The van der Waals surface area contributed by atoms with Crippen molar-refractivity contribution in [2.45, 2.75) is 19.8 Å². The van der Waals surface area contributed by atoms with Gasteiger partial charge in [0.2, 0.25) is 0 Å². The molecular weight excluding hydrogens is 356 g/mol. The number of amides is 1. The molecule has 0 heterocycles. The Kier molecular flexibility index (Phi) is 7.79. The molecule has 6 heteroatoms. The maximum Gasteiger partial charge on any atom is 0.343 e. The second kappa shape index (κ2) is 10.5. The van der Waals surface area contributed by atoms with Crippen molar-refractivity contribution in [1.82, 2.24) is 5.32 Å². The van der Waals surface area contributed by atoms with Crippen LogP contribution in [-0.2, 0) is 4.79 Å². The summed E-state index contributed by atoms with van der Waals surface area (Å²) < 4.78 is 10.4. The maximum absolute atomic E-state index is 12.2. The number of carbonyl (C=O) groups is 2. The summed E-state index contributed by atoms with van der Waals surface area (Å²) >= 11 is 0. The number of nitrogens with one attached hydrogen (secondary N) is 1. The highest BCUT2D eigenvalue weighted by atomic mass is 16.5. The molecule has 2 aromatic rings. The zero-order valence-corrected chi connectivity index (χ0v) is 15.9. The van der Waals surface area contributed by atoms with Gasteiger partial charge < -0.3 is 14.8 Å². The molecule has 1 N–H and O–H groups in total. The Morgan fingerprint density at radius 2 is 1.89 bits per heavy atom. The van der Waals surface area contributed by atoms with Gasteiger partial charge in [-0.2, -0.15) is 5.26 Å². The summed E-state index contributed by atoms with van der Waals surface area (Å²) in [6.45, 7) is 2.56. The zero-order chi connectivity index (χ0) is 20.4. The van der Waals surface area contributed by atoms with Crippen molar-refractivity contribution in [1.29, 1.82) is 5.26 Å². The first kappa shape index (κ1) is 20.7.